The van der Waals surface area contributed by atoms with Crippen LogP contribution in [0.15, 0.2) is 72.8 Å². The summed E-state index contributed by atoms with van der Waals surface area (Å²) < 4.78 is 0. The van der Waals surface area contributed by atoms with Crippen molar-refractivity contribution < 1.29 is 9.59 Å². The monoisotopic (exact) mass is 598 g/mol. The first-order chi connectivity index (χ1) is 21.0. The van der Waals surface area contributed by atoms with E-state index in [1.165, 1.54) is 43.2 Å². The maximum atomic E-state index is 14.2. The van der Waals surface area contributed by atoms with Crippen LogP contribution in [0.1, 0.15) is 59.2 Å². The van der Waals surface area contributed by atoms with Gasteiger partial charge >= 0.3 is 0 Å². The molecule has 0 bridgehead atoms. The molecule has 6 rings (SSSR count). The van der Waals surface area contributed by atoms with E-state index >= 15 is 0 Å². The van der Waals surface area contributed by atoms with E-state index in [0.717, 1.165) is 42.9 Å². The van der Waals surface area contributed by atoms with Gasteiger partial charge in [0.2, 0.25) is 5.91 Å². The van der Waals surface area contributed by atoms with Gasteiger partial charge in [-0.3, -0.25) is 14.5 Å². The molecule has 226 valence electrons. The average Bonchev–Trinajstić information content (AvgIpc) is 3.07. The summed E-state index contributed by atoms with van der Waals surface area (Å²) in [5, 5.41) is 3.92. The highest BCUT2D eigenvalue weighted by Gasteiger charge is 2.34. The quantitative estimate of drug-likeness (QED) is 0.347. The zero-order chi connectivity index (χ0) is 29.6. The number of para-hydroxylation sites is 1. The van der Waals surface area contributed by atoms with Gasteiger partial charge in [-0.1, -0.05) is 79.4 Å². The van der Waals surface area contributed by atoms with E-state index < -0.39 is 0 Å². The van der Waals surface area contributed by atoms with Crippen LogP contribution in [0.25, 0.3) is 0 Å². The van der Waals surface area contributed by atoms with Crippen LogP contribution in [0.4, 0.5) is 5.69 Å². The summed E-state index contributed by atoms with van der Waals surface area (Å²) in [5.41, 5.74) is 5.50. The number of nitrogens with zero attached hydrogens (tertiary/aromatic N) is 3. The van der Waals surface area contributed by atoms with Crippen LogP contribution in [0.5, 0.6) is 0 Å². The van der Waals surface area contributed by atoms with Gasteiger partial charge in [0.15, 0.2) is 0 Å². The Labute approximate surface area is 261 Å². The molecule has 0 radical (unpaired) electrons. The molecule has 6 nitrogen and oxygen atoms in total. The van der Waals surface area contributed by atoms with Crippen LogP contribution < -0.4 is 10.2 Å². The molecule has 2 heterocycles. The molecule has 43 heavy (non-hydrogen) atoms. The van der Waals surface area contributed by atoms with Gasteiger partial charge in [-0.2, -0.15) is 0 Å². The fourth-order valence-electron chi connectivity index (χ4n) is 7.04. The van der Waals surface area contributed by atoms with Crippen molar-refractivity contribution in [3.8, 4) is 0 Å². The molecule has 7 heteroatoms. The minimum Gasteiger partial charge on any atom is -0.367 e. The largest absolute Gasteiger partial charge is 0.367 e. The zero-order valence-corrected chi connectivity index (χ0v) is 25.8. The Morgan fingerprint density at radius 2 is 1.51 bits per heavy atom. The molecule has 0 unspecified atom stereocenters. The number of nitrogens with one attached hydrogen (secondary N) is 1. The van der Waals surface area contributed by atoms with Gasteiger partial charge in [-0.05, 0) is 72.6 Å². The van der Waals surface area contributed by atoms with Gasteiger partial charge < -0.3 is 15.1 Å². The molecule has 3 aromatic carbocycles. The minimum atomic E-state index is -0.237. The third kappa shape index (κ3) is 7.25. The number of carbonyl (C=O) groups is 2. The molecule has 1 N–H and O–H groups in total. The fraction of sp³-hybridized carbons (Fsp3) is 0.444. The smallest absolute Gasteiger partial charge is 0.253 e. The maximum Gasteiger partial charge on any atom is 0.253 e. The lowest BCUT2D eigenvalue weighted by Crippen LogP contribution is -2.56. The predicted octanol–water partition coefficient (Wildman–Crippen LogP) is 5.97. The highest BCUT2D eigenvalue weighted by Crippen LogP contribution is 2.27. The molecule has 0 aromatic heterocycles. The van der Waals surface area contributed by atoms with Crippen LogP contribution in [0.3, 0.4) is 0 Å². The molecule has 3 aliphatic rings. The Morgan fingerprint density at radius 1 is 0.814 bits per heavy atom. The van der Waals surface area contributed by atoms with E-state index in [1.807, 2.05) is 53.4 Å². The number of hydrogen-bond acceptors (Lipinski definition) is 4. The number of benzene rings is 3. The molecule has 1 atom stereocenters. The Morgan fingerprint density at radius 3 is 2.28 bits per heavy atom. The summed E-state index contributed by atoms with van der Waals surface area (Å²) in [7, 11) is 0. The van der Waals surface area contributed by atoms with E-state index in [4.69, 9.17) is 11.6 Å². The SMILES string of the molecule is O=C(NCC1CCCCC1)c1ccccc1N1CCN(C(=O)[C@@H](Cc2ccc(Cl)cc2)N2CCc3ccccc3C2)CC1. The van der Waals surface area contributed by atoms with E-state index in [9.17, 15) is 9.59 Å². The van der Waals surface area contributed by atoms with E-state index in [-0.39, 0.29) is 17.9 Å². The second kappa shape index (κ2) is 14.0. The van der Waals surface area contributed by atoms with Gasteiger partial charge in [0.05, 0.1) is 11.6 Å². The summed E-state index contributed by atoms with van der Waals surface area (Å²) in [6.07, 6.45) is 7.88. The Balaban J connectivity index is 1.12. The number of carbonyl (C=O) groups excluding carboxylic acids is 2. The van der Waals surface area contributed by atoms with Crippen LogP contribution in [-0.2, 0) is 24.2 Å². The molecule has 1 saturated carbocycles. The molecule has 2 aliphatic heterocycles. The van der Waals surface area contributed by atoms with Crippen molar-refractivity contribution >= 4 is 29.1 Å². The number of amides is 2. The maximum absolute atomic E-state index is 14.2. The lowest BCUT2D eigenvalue weighted by molar-refractivity contribution is -0.137. The fourth-order valence-corrected chi connectivity index (χ4v) is 7.17. The number of piperazine rings is 1. The number of rotatable bonds is 8. The third-order valence-corrected chi connectivity index (χ3v) is 9.84. The van der Waals surface area contributed by atoms with Crippen molar-refractivity contribution in [2.24, 2.45) is 5.92 Å². The van der Waals surface area contributed by atoms with Crippen LogP contribution >= 0.6 is 11.6 Å². The predicted molar refractivity (Wildman–Crippen MR) is 174 cm³/mol. The van der Waals surface area contributed by atoms with Crippen molar-refractivity contribution in [1.82, 2.24) is 15.1 Å². The summed E-state index contributed by atoms with van der Waals surface area (Å²) in [5.74, 6) is 0.786. The van der Waals surface area contributed by atoms with Crippen LogP contribution in [-0.4, -0.2) is 66.9 Å². The van der Waals surface area contributed by atoms with Crippen molar-refractivity contribution in [1.29, 1.82) is 0 Å². The lowest BCUT2D eigenvalue weighted by atomic mass is 9.89. The van der Waals surface area contributed by atoms with Gasteiger partial charge in [0, 0.05) is 56.5 Å². The first-order valence-electron chi connectivity index (χ1n) is 16.0. The normalized spacial score (nSPS) is 18.6. The van der Waals surface area contributed by atoms with Crippen molar-refractivity contribution in [2.45, 2.75) is 57.5 Å². The first-order valence-corrected chi connectivity index (χ1v) is 16.4. The Kier molecular flexibility index (Phi) is 9.64. The highest BCUT2D eigenvalue weighted by molar-refractivity contribution is 6.30. The number of anilines is 1. The topological polar surface area (TPSA) is 55.9 Å². The molecule has 1 aliphatic carbocycles. The van der Waals surface area contributed by atoms with E-state index in [2.05, 4.69) is 39.4 Å². The highest BCUT2D eigenvalue weighted by atomic mass is 35.5. The van der Waals surface area contributed by atoms with Gasteiger partial charge in [0.25, 0.3) is 5.91 Å². The zero-order valence-electron chi connectivity index (χ0n) is 25.0. The van der Waals surface area contributed by atoms with Crippen molar-refractivity contribution in [3.63, 3.8) is 0 Å². The molecular weight excluding hydrogens is 556 g/mol. The van der Waals surface area contributed by atoms with E-state index in [0.29, 0.717) is 43.5 Å². The second-order valence-electron chi connectivity index (χ2n) is 12.4. The Hall–Kier alpha value is -3.35. The van der Waals surface area contributed by atoms with E-state index in [1.54, 1.807) is 0 Å². The van der Waals surface area contributed by atoms with Gasteiger partial charge in [-0.25, -0.2) is 0 Å². The summed E-state index contributed by atoms with van der Waals surface area (Å²) in [6, 6.07) is 24.1. The molecular formula is C36H43ClN4O2. The molecule has 3 aromatic rings. The molecule has 0 spiro atoms. The number of fused-ring (bicyclic) bond motifs is 1. The third-order valence-electron chi connectivity index (χ3n) is 9.59. The van der Waals surface area contributed by atoms with Gasteiger partial charge in [0.1, 0.15) is 0 Å². The van der Waals surface area contributed by atoms with Crippen molar-refractivity contribution in [3.05, 3.63) is 100 Å². The number of hydrogen-bond donors (Lipinski definition) is 1. The average molecular weight is 599 g/mol. The standard InChI is InChI=1S/C36H43ClN4O2/c37-31-16-14-27(15-17-31)24-34(41-19-18-29-10-4-5-11-30(29)26-41)36(43)40-22-20-39(21-23-40)33-13-7-6-12-32(33)35(42)38-25-28-8-2-1-3-9-28/h4-7,10-17,28,34H,1-3,8-9,18-26H2,(H,38,42)/t34-/m1/s1. The number of halogens is 1. The lowest BCUT2D eigenvalue weighted by Gasteiger charge is -2.41. The van der Waals surface area contributed by atoms with Gasteiger partial charge in [-0.15, -0.1) is 0 Å². The first kappa shape index (κ1) is 29.7. The summed E-state index contributed by atoms with van der Waals surface area (Å²) in [6.45, 7) is 5.08. The molecule has 2 fully saturated rings. The van der Waals surface area contributed by atoms with Crippen LogP contribution in [0, 0.1) is 5.92 Å². The summed E-state index contributed by atoms with van der Waals surface area (Å²) in [4.78, 5) is 34.1. The molecule has 2 amide bonds. The van der Waals surface area contributed by atoms with Crippen LogP contribution in [0.2, 0.25) is 5.02 Å². The Bertz CT molecular complexity index is 1400. The molecule has 1 saturated heterocycles. The van der Waals surface area contributed by atoms with Crippen molar-refractivity contribution in [2.75, 3.05) is 44.2 Å². The second-order valence-corrected chi connectivity index (χ2v) is 12.8. The summed E-state index contributed by atoms with van der Waals surface area (Å²) >= 11 is 6.17. The minimum absolute atomic E-state index is 0.00749.